The molecule has 0 saturated carbocycles. The van der Waals surface area contributed by atoms with Gasteiger partial charge in [0.05, 0.1) is 0 Å². The van der Waals surface area contributed by atoms with Crippen LogP contribution >= 0.6 is 0 Å². The van der Waals surface area contributed by atoms with E-state index in [9.17, 15) is 9.59 Å². The third-order valence-electron chi connectivity index (χ3n) is 5.69. The van der Waals surface area contributed by atoms with E-state index in [1.807, 2.05) is 44.2 Å². The lowest BCUT2D eigenvalue weighted by molar-refractivity contribution is -0.123. The van der Waals surface area contributed by atoms with Gasteiger partial charge >= 0.3 is 0 Å². The van der Waals surface area contributed by atoms with E-state index in [0.717, 1.165) is 28.9 Å². The second-order valence-corrected chi connectivity index (χ2v) is 9.15. The zero-order chi connectivity index (χ0) is 24.2. The van der Waals surface area contributed by atoms with Crippen LogP contribution in [0, 0.1) is 6.92 Å². The highest BCUT2D eigenvalue weighted by molar-refractivity contribution is 6.05. The maximum absolute atomic E-state index is 13.8. The molecule has 0 bridgehead atoms. The van der Waals surface area contributed by atoms with Gasteiger partial charge in [0.2, 0.25) is 5.91 Å². The molecule has 0 saturated heterocycles. The fourth-order valence-electron chi connectivity index (χ4n) is 3.74. The second-order valence-electron chi connectivity index (χ2n) is 9.15. The molecule has 1 aromatic carbocycles. The molecule has 7 nitrogen and oxygen atoms in total. The number of nitrogens with zero attached hydrogens (tertiary/aromatic N) is 3. The summed E-state index contributed by atoms with van der Waals surface area (Å²) in [6.07, 6.45) is 4.27. The maximum atomic E-state index is 13.8. The molecule has 0 aliphatic rings. The molecule has 0 aliphatic heterocycles. The van der Waals surface area contributed by atoms with Gasteiger partial charge in [-0.25, -0.2) is 0 Å². The van der Waals surface area contributed by atoms with Gasteiger partial charge in [-0.1, -0.05) is 58.9 Å². The fourth-order valence-corrected chi connectivity index (χ4v) is 3.74. The number of anilines is 2. The van der Waals surface area contributed by atoms with Gasteiger partial charge in [-0.3, -0.25) is 24.6 Å². The normalized spacial score (nSPS) is 12.3. The Bertz CT molecular complexity index is 1120. The van der Waals surface area contributed by atoms with Gasteiger partial charge in [-0.05, 0) is 30.5 Å². The lowest BCUT2D eigenvalue weighted by atomic mass is 9.92. The number of pyridine rings is 1. The third-order valence-corrected chi connectivity index (χ3v) is 5.69. The van der Waals surface area contributed by atoms with Gasteiger partial charge in [-0.15, -0.1) is 0 Å². The highest BCUT2D eigenvalue weighted by Gasteiger charge is 2.35. The summed E-state index contributed by atoms with van der Waals surface area (Å²) in [5.41, 5.74) is 4.09. The van der Waals surface area contributed by atoms with Crippen molar-refractivity contribution in [1.29, 1.82) is 0 Å². The van der Waals surface area contributed by atoms with Crippen molar-refractivity contribution in [3.63, 3.8) is 0 Å². The van der Waals surface area contributed by atoms with Gasteiger partial charge in [0, 0.05) is 47.2 Å². The molecule has 1 atom stereocenters. The number of aromatic nitrogens is 3. The molecular formula is C26H33N5O2. The highest BCUT2D eigenvalue weighted by Crippen LogP contribution is 2.32. The van der Waals surface area contributed by atoms with Crippen molar-refractivity contribution in [3.05, 3.63) is 71.2 Å². The summed E-state index contributed by atoms with van der Waals surface area (Å²) in [5, 5.41) is 10.6. The van der Waals surface area contributed by atoms with Crippen LogP contribution in [0.3, 0.4) is 0 Å². The van der Waals surface area contributed by atoms with Crippen LogP contribution < -0.4 is 10.2 Å². The summed E-state index contributed by atoms with van der Waals surface area (Å²) in [4.78, 5) is 32.7. The lowest BCUT2D eigenvalue weighted by Crippen LogP contribution is -2.41. The highest BCUT2D eigenvalue weighted by atomic mass is 16.2. The number of carbonyl (C=O) groups excluding carboxylic acids is 2. The molecule has 3 aromatic rings. The van der Waals surface area contributed by atoms with E-state index in [-0.39, 0.29) is 23.7 Å². The van der Waals surface area contributed by atoms with Crippen LogP contribution in [0.1, 0.15) is 69.5 Å². The first-order valence-electron chi connectivity index (χ1n) is 11.3. The molecule has 0 aliphatic carbocycles. The smallest absolute Gasteiger partial charge is 0.252 e. The molecule has 2 aromatic heterocycles. The Morgan fingerprint density at radius 2 is 1.91 bits per heavy atom. The van der Waals surface area contributed by atoms with Gasteiger partial charge < -0.3 is 5.32 Å². The molecule has 174 valence electrons. The van der Waals surface area contributed by atoms with Crippen LogP contribution in [-0.4, -0.2) is 27.0 Å². The van der Waals surface area contributed by atoms with Crippen LogP contribution in [0.15, 0.2) is 48.8 Å². The summed E-state index contributed by atoms with van der Waals surface area (Å²) in [6, 6.07) is 10.4. The van der Waals surface area contributed by atoms with Gasteiger partial charge in [-0.2, -0.15) is 5.10 Å². The molecule has 2 N–H and O–H groups in total. The standard InChI is InChI=1S/C26H33N5O2/c1-7-18-12-9-11-17(3)23(18)28-25(33)24(19-13-10-14-27-16-19)31(22(32)8-2)21-15-20(29-30-21)26(4,5)6/h9-16,24H,7-8H2,1-6H3,(H,28,33)(H,29,30)/t24-/m1/s1. The van der Waals surface area contributed by atoms with E-state index in [4.69, 9.17) is 0 Å². The third kappa shape index (κ3) is 5.30. The fraction of sp³-hybridized carbons (Fsp3) is 0.385. The largest absolute Gasteiger partial charge is 0.323 e. The number of para-hydroxylation sites is 1. The Labute approximate surface area is 195 Å². The zero-order valence-electron chi connectivity index (χ0n) is 20.3. The summed E-state index contributed by atoms with van der Waals surface area (Å²) in [7, 11) is 0. The average molecular weight is 448 g/mol. The van der Waals surface area contributed by atoms with E-state index in [2.05, 4.69) is 41.3 Å². The number of rotatable bonds is 7. The Kier molecular flexibility index (Phi) is 7.31. The van der Waals surface area contributed by atoms with Crippen molar-refractivity contribution < 1.29 is 9.59 Å². The number of hydrogen-bond acceptors (Lipinski definition) is 4. The number of aromatic amines is 1. The number of carbonyl (C=O) groups is 2. The van der Waals surface area contributed by atoms with Crippen molar-refractivity contribution in [2.24, 2.45) is 0 Å². The molecule has 0 radical (unpaired) electrons. The van der Waals surface area contributed by atoms with Crippen LogP contribution in [-0.2, 0) is 21.4 Å². The van der Waals surface area contributed by atoms with Crippen molar-refractivity contribution in [3.8, 4) is 0 Å². The van der Waals surface area contributed by atoms with Crippen molar-refractivity contribution in [2.75, 3.05) is 10.2 Å². The van der Waals surface area contributed by atoms with E-state index in [0.29, 0.717) is 11.4 Å². The Balaban J connectivity index is 2.11. The minimum absolute atomic E-state index is 0.185. The monoisotopic (exact) mass is 447 g/mol. The van der Waals surface area contributed by atoms with E-state index in [1.54, 1.807) is 25.4 Å². The summed E-state index contributed by atoms with van der Waals surface area (Å²) < 4.78 is 0. The Hall–Kier alpha value is -3.48. The number of nitrogens with one attached hydrogen (secondary N) is 2. The predicted molar refractivity (Wildman–Crippen MR) is 131 cm³/mol. The van der Waals surface area contributed by atoms with Crippen molar-refractivity contribution in [1.82, 2.24) is 15.2 Å². The molecule has 33 heavy (non-hydrogen) atoms. The van der Waals surface area contributed by atoms with Crippen molar-refractivity contribution >= 4 is 23.3 Å². The van der Waals surface area contributed by atoms with Gasteiger partial charge in [0.1, 0.15) is 6.04 Å². The Morgan fingerprint density at radius 3 is 2.48 bits per heavy atom. The molecule has 2 heterocycles. The average Bonchev–Trinajstić information content (AvgIpc) is 3.29. The summed E-state index contributed by atoms with van der Waals surface area (Å²) in [6.45, 7) is 12.0. The predicted octanol–water partition coefficient (Wildman–Crippen LogP) is 5.10. The molecule has 3 rings (SSSR count). The minimum atomic E-state index is -0.924. The number of H-pyrrole nitrogens is 1. The number of benzene rings is 1. The maximum Gasteiger partial charge on any atom is 0.252 e. The molecule has 0 spiro atoms. The quantitative estimate of drug-likeness (QED) is 0.527. The Morgan fingerprint density at radius 1 is 1.15 bits per heavy atom. The molecule has 2 amide bonds. The molecule has 0 unspecified atom stereocenters. The summed E-state index contributed by atoms with van der Waals surface area (Å²) >= 11 is 0. The SMILES string of the molecule is CCC(=O)N(c1cc(C(C)(C)C)[nH]n1)[C@@H](C(=O)Nc1c(C)cccc1CC)c1cccnc1. The second kappa shape index (κ2) is 9.98. The minimum Gasteiger partial charge on any atom is -0.323 e. The van der Waals surface area contributed by atoms with Crippen LogP contribution in [0.5, 0.6) is 0 Å². The topological polar surface area (TPSA) is 91.0 Å². The zero-order valence-corrected chi connectivity index (χ0v) is 20.3. The van der Waals surface area contributed by atoms with Gasteiger partial charge in [0.25, 0.3) is 5.91 Å². The number of hydrogen-bond donors (Lipinski definition) is 2. The van der Waals surface area contributed by atoms with Gasteiger partial charge in [0.15, 0.2) is 5.82 Å². The number of amides is 2. The first-order chi connectivity index (χ1) is 15.7. The van der Waals surface area contributed by atoms with Crippen LogP contribution in [0.2, 0.25) is 0 Å². The molecule has 0 fully saturated rings. The van der Waals surface area contributed by atoms with E-state index >= 15 is 0 Å². The van der Waals surface area contributed by atoms with E-state index < -0.39 is 6.04 Å². The van der Waals surface area contributed by atoms with Crippen molar-refractivity contribution in [2.45, 2.75) is 65.8 Å². The summed E-state index contributed by atoms with van der Waals surface area (Å²) in [5.74, 6) is -0.100. The van der Waals surface area contributed by atoms with E-state index in [1.165, 1.54) is 4.90 Å². The van der Waals surface area contributed by atoms with Crippen LogP contribution in [0.4, 0.5) is 11.5 Å². The number of aryl methyl sites for hydroxylation is 2. The molecule has 7 heteroatoms. The van der Waals surface area contributed by atoms with Crippen LogP contribution in [0.25, 0.3) is 0 Å². The first-order valence-corrected chi connectivity index (χ1v) is 11.3. The first kappa shape index (κ1) is 24.2. The molecular weight excluding hydrogens is 414 g/mol. The lowest BCUT2D eigenvalue weighted by Gasteiger charge is -2.29.